The highest BCUT2D eigenvalue weighted by atomic mass is 35.5. The molecule has 4 rings (SSSR count). The molecule has 2 aliphatic rings. The largest absolute Gasteiger partial charge is 0.478 e. The van der Waals surface area contributed by atoms with Gasteiger partial charge in [-0.3, -0.25) is 4.99 Å². The van der Waals surface area contributed by atoms with Crippen molar-refractivity contribution in [3.8, 4) is 0 Å². The van der Waals surface area contributed by atoms with Crippen molar-refractivity contribution in [2.24, 2.45) is 4.99 Å². The third kappa shape index (κ3) is 5.68. The van der Waals surface area contributed by atoms with E-state index in [4.69, 9.17) is 21.3 Å². The molecule has 1 atom stereocenters. The highest BCUT2D eigenvalue weighted by Crippen LogP contribution is 2.21. The molecule has 0 unspecified atom stereocenters. The van der Waals surface area contributed by atoms with E-state index in [-0.39, 0.29) is 11.7 Å². The van der Waals surface area contributed by atoms with Crippen LogP contribution in [-0.2, 0) is 4.74 Å². The fourth-order valence-electron chi connectivity index (χ4n) is 3.90. The normalized spacial score (nSPS) is 19.5. The Kier molecular flexibility index (Phi) is 6.94. The number of ether oxygens (including phenoxy) is 1. The van der Waals surface area contributed by atoms with Crippen molar-refractivity contribution >= 4 is 34.9 Å². The molecule has 31 heavy (non-hydrogen) atoms. The van der Waals surface area contributed by atoms with Crippen molar-refractivity contribution in [1.82, 2.24) is 4.90 Å². The molecule has 0 aromatic heterocycles. The molecule has 2 N–H and O–H groups in total. The summed E-state index contributed by atoms with van der Waals surface area (Å²) in [4.78, 5) is 20.7. The fourth-order valence-corrected chi connectivity index (χ4v) is 4.09. The standard InChI is InChI=1S/C23H27ClN4O3/c24-18-5-2-7-20(15-18)27-9-11-28(12-10-27)23(25-16-21-8-3-13-31-21)26-19-6-1-4-17(14-19)22(29)30/h1-2,4-7,14-15,21H,3,8-13,16H2,(H,25,26)(H,29,30)/t21-/m1/s1. The van der Waals surface area contributed by atoms with Crippen molar-refractivity contribution < 1.29 is 14.6 Å². The van der Waals surface area contributed by atoms with Gasteiger partial charge in [-0.15, -0.1) is 0 Å². The topological polar surface area (TPSA) is 77.4 Å². The van der Waals surface area contributed by atoms with Crippen molar-refractivity contribution in [2.45, 2.75) is 18.9 Å². The van der Waals surface area contributed by atoms with Gasteiger partial charge < -0.3 is 25.0 Å². The van der Waals surface area contributed by atoms with E-state index >= 15 is 0 Å². The van der Waals surface area contributed by atoms with Gasteiger partial charge in [0.15, 0.2) is 5.96 Å². The van der Waals surface area contributed by atoms with Crippen LogP contribution in [0.25, 0.3) is 0 Å². The minimum atomic E-state index is -0.948. The van der Waals surface area contributed by atoms with E-state index in [0.29, 0.717) is 12.2 Å². The van der Waals surface area contributed by atoms with E-state index < -0.39 is 5.97 Å². The SMILES string of the molecule is O=C(O)c1cccc(NC(=NC[C@H]2CCCO2)N2CCN(c3cccc(Cl)c3)CC2)c1. The summed E-state index contributed by atoms with van der Waals surface area (Å²) in [7, 11) is 0. The average molecular weight is 443 g/mol. The molecule has 2 saturated heterocycles. The van der Waals surface area contributed by atoms with E-state index in [1.165, 1.54) is 0 Å². The van der Waals surface area contributed by atoms with E-state index in [0.717, 1.165) is 62.3 Å². The summed E-state index contributed by atoms with van der Waals surface area (Å²) in [6, 6.07) is 14.7. The molecule has 0 aliphatic carbocycles. The monoisotopic (exact) mass is 442 g/mol. The zero-order valence-electron chi connectivity index (χ0n) is 17.3. The predicted octanol–water partition coefficient (Wildman–Crippen LogP) is 3.81. The molecular weight excluding hydrogens is 416 g/mol. The Hall–Kier alpha value is -2.77. The lowest BCUT2D eigenvalue weighted by Crippen LogP contribution is -2.51. The number of benzene rings is 2. The lowest BCUT2D eigenvalue weighted by Gasteiger charge is -2.38. The van der Waals surface area contributed by atoms with Gasteiger partial charge in [0.1, 0.15) is 0 Å². The number of carboxylic acids is 1. The Balaban J connectivity index is 1.47. The number of rotatable bonds is 5. The molecule has 0 spiro atoms. The zero-order valence-corrected chi connectivity index (χ0v) is 18.1. The Bertz CT molecular complexity index is 938. The van der Waals surface area contributed by atoms with Gasteiger partial charge in [0, 0.05) is 49.2 Å². The third-order valence-electron chi connectivity index (χ3n) is 5.59. The lowest BCUT2D eigenvalue weighted by atomic mass is 10.2. The van der Waals surface area contributed by atoms with Gasteiger partial charge in [-0.2, -0.15) is 0 Å². The van der Waals surface area contributed by atoms with Gasteiger partial charge in [0.2, 0.25) is 0 Å². The predicted molar refractivity (Wildman–Crippen MR) is 124 cm³/mol. The van der Waals surface area contributed by atoms with E-state index in [1.54, 1.807) is 18.2 Å². The Morgan fingerprint density at radius 1 is 1.16 bits per heavy atom. The van der Waals surface area contributed by atoms with Gasteiger partial charge in [0.25, 0.3) is 0 Å². The van der Waals surface area contributed by atoms with Gasteiger partial charge in [-0.05, 0) is 49.2 Å². The highest BCUT2D eigenvalue weighted by molar-refractivity contribution is 6.30. The van der Waals surface area contributed by atoms with Crippen molar-refractivity contribution in [1.29, 1.82) is 0 Å². The number of nitrogens with zero attached hydrogens (tertiary/aromatic N) is 3. The molecule has 2 heterocycles. The first-order valence-electron chi connectivity index (χ1n) is 10.6. The number of carboxylic acid groups (broad SMARTS) is 1. The number of hydrogen-bond donors (Lipinski definition) is 2. The molecule has 0 radical (unpaired) electrons. The van der Waals surface area contributed by atoms with Crippen molar-refractivity contribution in [3.63, 3.8) is 0 Å². The summed E-state index contributed by atoms with van der Waals surface area (Å²) < 4.78 is 5.73. The van der Waals surface area contributed by atoms with Crippen LogP contribution in [0.5, 0.6) is 0 Å². The first-order valence-corrected chi connectivity index (χ1v) is 11.0. The first-order chi connectivity index (χ1) is 15.1. The molecule has 164 valence electrons. The average Bonchev–Trinajstić information content (AvgIpc) is 3.31. The maximum absolute atomic E-state index is 11.3. The molecule has 2 aliphatic heterocycles. The molecular formula is C23H27ClN4O3. The summed E-state index contributed by atoms with van der Waals surface area (Å²) in [5, 5.41) is 13.4. The fraction of sp³-hybridized carbons (Fsp3) is 0.391. The van der Waals surface area contributed by atoms with Crippen LogP contribution in [-0.4, -0.2) is 67.4 Å². The van der Waals surface area contributed by atoms with Crippen molar-refractivity contribution in [2.75, 3.05) is 49.5 Å². The lowest BCUT2D eigenvalue weighted by molar-refractivity contribution is 0.0697. The van der Waals surface area contributed by atoms with Crippen LogP contribution < -0.4 is 10.2 Å². The van der Waals surface area contributed by atoms with Gasteiger partial charge in [-0.25, -0.2) is 4.79 Å². The number of guanidine groups is 1. The second-order valence-electron chi connectivity index (χ2n) is 7.76. The smallest absolute Gasteiger partial charge is 0.335 e. The van der Waals surface area contributed by atoms with Crippen LogP contribution >= 0.6 is 11.6 Å². The third-order valence-corrected chi connectivity index (χ3v) is 5.82. The van der Waals surface area contributed by atoms with Crippen LogP contribution in [0, 0.1) is 0 Å². The number of carbonyl (C=O) groups is 1. The Labute approximate surface area is 187 Å². The molecule has 0 bridgehead atoms. The molecule has 2 aromatic carbocycles. The van der Waals surface area contributed by atoms with Gasteiger partial charge in [-0.1, -0.05) is 23.7 Å². The summed E-state index contributed by atoms with van der Waals surface area (Å²) in [6.07, 6.45) is 2.24. The highest BCUT2D eigenvalue weighted by Gasteiger charge is 2.22. The second-order valence-corrected chi connectivity index (χ2v) is 8.20. The maximum Gasteiger partial charge on any atom is 0.335 e. The van der Waals surface area contributed by atoms with E-state index in [9.17, 15) is 9.90 Å². The van der Waals surface area contributed by atoms with Crippen LogP contribution in [0.2, 0.25) is 5.02 Å². The quantitative estimate of drug-likeness (QED) is 0.541. The molecule has 0 saturated carbocycles. The summed E-state index contributed by atoms with van der Waals surface area (Å²) in [5.41, 5.74) is 2.07. The number of aliphatic imine (C=N–C) groups is 1. The molecule has 2 fully saturated rings. The van der Waals surface area contributed by atoms with Crippen LogP contribution in [0.3, 0.4) is 0 Å². The number of aromatic carboxylic acids is 1. The number of piperazine rings is 1. The summed E-state index contributed by atoms with van der Waals surface area (Å²) in [6.45, 7) is 4.66. The van der Waals surface area contributed by atoms with E-state index in [2.05, 4.69) is 21.2 Å². The van der Waals surface area contributed by atoms with Crippen LogP contribution in [0.15, 0.2) is 53.5 Å². The van der Waals surface area contributed by atoms with Crippen LogP contribution in [0.1, 0.15) is 23.2 Å². The second kappa shape index (κ2) is 10.0. The number of hydrogen-bond acceptors (Lipinski definition) is 4. The van der Waals surface area contributed by atoms with E-state index in [1.807, 2.05) is 24.3 Å². The van der Waals surface area contributed by atoms with Crippen LogP contribution in [0.4, 0.5) is 11.4 Å². The van der Waals surface area contributed by atoms with Crippen molar-refractivity contribution in [3.05, 3.63) is 59.1 Å². The number of halogens is 1. The zero-order chi connectivity index (χ0) is 21.6. The molecule has 7 nitrogen and oxygen atoms in total. The minimum Gasteiger partial charge on any atom is -0.478 e. The Morgan fingerprint density at radius 3 is 2.68 bits per heavy atom. The summed E-state index contributed by atoms with van der Waals surface area (Å²) in [5.74, 6) is -0.194. The molecule has 2 aromatic rings. The van der Waals surface area contributed by atoms with Gasteiger partial charge in [0.05, 0.1) is 18.2 Å². The first kappa shape index (κ1) is 21.5. The number of anilines is 2. The Morgan fingerprint density at radius 2 is 1.97 bits per heavy atom. The molecule has 8 heteroatoms. The maximum atomic E-state index is 11.3. The van der Waals surface area contributed by atoms with Gasteiger partial charge >= 0.3 is 5.97 Å². The number of nitrogens with one attached hydrogen (secondary N) is 1. The minimum absolute atomic E-state index is 0.148. The molecule has 0 amide bonds. The summed E-state index contributed by atoms with van der Waals surface area (Å²) >= 11 is 6.15.